The van der Waals surface area contributed by atoms with Crippen molar-refractivity contribution in [1.29, 1.82) is 0 Å². The predicted molar refractivity (Wildman–Crippen MR) is 78.0 cm³/mol. The van der Waals surface area contributed by atoms with Crippen molar-refractivity contribution >= 4 is 5.97 Å². The zero-order chi connectivity index (χ0) is 14.7. The average Bonchev–Trinajstić information content (AvgIpc) is 2.97. The fourth-order valence-corrected chi connectivity index (χ4v) is 2.10. The summed E-state index contributed by atoms with van der Waals surface area (Å²) in [5.74, 6) is -0.110. The molecule has 3 aromatic rings. The van der Waals surface area contributed by atoms with Crippen molar-refractivity contribution < 1.29 is 9.90 Å². The van der Waals surface area contributed by atoms with E-state index in [1.54, 1.807) is 18.3 Å². The van der Waals surface area contributed by atoms with E-state index in [9.17, 15) is 4.79 Å². The first kappa shape index (κ1) is 13.1. The minimum absolute atomic E-state index is 0.188. The highest BCUT2D eigenvalue weighted by Crippen LogP contribution is 2.17. The number of benzene rings is 1. The molecule has 104 valence electrons. The van der Waals surface area contributed by atoms with E-state index in [0.717, 1.165) is 17.1 Å². The van der Waals surface area contributed by atoms with E-state index in [1.165, 1.54) is 6.20 Å². The second-order valence-electron chi connectivity index (χ2n) is 4.59. The molecule has 0 aliphatic rings. The fourth-order valence-electron chi connectivity index (χ4n) is 2.10. The second kappa shape index (κ2) is 5.58. The molecular formula is C16H13N3O2. The lowest BCUT2D eigenvalue weighted by Crippen LogP contribution is -2.04. The molecule has 0 unspecified atom stereocenters. The molecule has 0 amide bonds. The van der Waals surface area contributed by atoms with E-state index in [1.807, 2.05) is 41.1 Å². The van der Waals surface area contributed by atoms with Gasteiger partial charge in [0.05, 0.1) is 17.8 Å². The molecule has 0 fully saturated rings. The van der Waals surface area contributed by atoms with Crippen molar-refractivity contribution in [2.75, 3.05) is 0 Å². The zero-order valence-corrected chi connectivity index (χ0v) is 11.2. The van der Waals surface area contributed by atoms with Crippen LogP contribution in [0.1, 0.15) is 16.1 Å². The maximum absolute atomic E-state index is 10.8. The number of pyridine rings is 1. The Hall–Kier alpha value is -2.95. The van der Waals surface area contributed by atoms with E-state index >= 15 is 0 Å². The number of aromatic carboxylic acids is 1. The van der Waals surface area contributed by atoms with Crippen LogP contribution in [0.25, 0.3) is 11.4 Å². The molecule has 1 N–H and O–H groups in total. The van der Waals surface area contributed by atoms with Crippen LogP contribution in [0.5, 0.6) is 0 Å². The summed E-state index contributed by atoms with van der Waals surface area (Å²) in [4.78, 5) is 19.4. The number of nitrogens with zero attached hydrogens (tertiary/aromatic N) is 3. The largest absolute Gasteiger partial charge is 0.478 e. The Morgan fingerprint density at radius 2 is 1.90 bits per heavy atom. The van der Waals surface area contributed by atoms with Crippen LogP contribution >= 0.6 is 0 Å². The molecule has 0 spiro atoms. The number of carboxylic acids is 1. The van der Waals surface area contributed by atoms with Crippen LogP contribution in [0.4, 0.5) is 0 Å². The van der Waals surface area contributed by atoms with E-state index in [2.05, 4.69) is 9.97 Å². The molecular weight excluding hydrogens is 266 g/mol. The number of hydrogen-bond acceptors (Lipinski definition) is 3. The molecule has 2 heterocycles. The minimum atomic E-state index is -0.971. The van der Waals surface area contributed by atoms with Crippen molar-refractivity contribution in [3.8, 4) is 11.4 Å². The predicted octanol–water partition coefficient (Wildman–Crippen LogP) is 2.69. The van der Waals surface area contributed by atoms with Gasteiger partial charge >= 0.3 is 5.97 Å². The molecule has 21 heavy (non-hydrogen) atoms. The topological polar surface area (TPSA) is 68.0 Å². The summed E-state index contributed by atoms with van der Waals surface area (Å²) in [6.45, 7) is 0.546. The summed E-state index contributed by atoms with van der Waals surface area (Å²) < 4.78 is 1.98. The summed E-state index contributed by atoms with van der Waals surface area (Å²) in [5.41, 5.74) is 2.01. The Labute approximate surface area is 121 Å². The summed E-state index contributed by atoms with van der Waals surface area (Å²) in [7, 11) is 0. The van der Waals surface area contributed by atoms with Gasteiger partial charge in [-0.25, -0.2) is 9.78 Å². The van der Waals surface area contributed by atoms with E-state index in [-0.39, 0.29) is 5.56 Å². The third-order valence-corrected chi connectivity index (χ3v) is 3.15. The fraction of sp³-hybridized carbons (Fsp3) is 0.0625. The number of hydrogen-bond donors (Lipinski definition) is 1. The summed E-state index contributed by atoms with van der Waals surface area (Å²) in [5, 5.41) is 8.87. The monoisotopic (exact) mass is 279 g/mol. The first-order chi connectivity index (χ1) is 10.2. The maximum Gasteiger partial charge on any atom is 0.337 e. The summed E-state index contributed by atoms with van der Waals surface area (Å²) in [6, 6.07) is 13.2. The van der Waals surface area contributed by atoms with Crippen LogP contribution in [0, 0.1) is 0 Å². The van der Waals surface area contributed by atoms with Crippen molar-refractivity contribution in [2.24, 2.45) is 0 Å². The van der Waals surface area contributed by atoms with Crippen LogP contribution in [-0.4, -0.2) is 25.6 Å². The highest BCUT2D eigenvalue weighted by molar-refractivity contribution is 5.87. The first-order valence-electron chi connectivity index (χ1n) is 6.49. The van der Waals surface area contributed by atoms with Crippen LogP contribution in [0.15, 0.2) is 61.1 Å². The van der Waals surface area contributed by atoms with Gasteiger partial charge in [-0.05, 0) is 12.1 Å². The van der Waals surface area contributed by atoms with Gasteiger partial charge in [0.25, 0.3) is 0 Å². The van der Waals surface area contributed by atoms with Gasteiger partial charge in [-0.15, -0.1) is 0 Å². The van der Waals surface area contributed by atoms with Crippen molar-refractivity contribution in [2.45, 2.75) is 6.54 Å². The number of rotatable bonds is 4. The Balaban J connectivity index is 1.86. The van der Waals surface area contributed by atoms with Gasteiger partial charge in [0.2, 0.25) is 0 Å². The highest BCUT2D eigenvalue weighted by atomic mass is 16.4. The van der Waals surface area contributed by atoms with E-state index < -0.39 is 5.97 Å². The summed E-state index contributed by atoms with van der Waals surface area (Å²) >= 11 is 0. The van der Waals surface area contributed by atoms with Crippen LogP contribution in [0.2, 0.25) is 0 Å². The zero-order valence-electron chi connectivity index (χ0n) is 11.2. The van der Waals surface area contributed by atoms with Crippen molar-refractivity contribution in [1.82, 2.24) is 14.5 Å². The Kier molecular flexibility index (Phi) is 3.47. The molecule has 0 radical (unpaired) electrons. The quantitative estimate of drug-likeness (QED) is 0.797. The molecule has 0 bridgehead atoms. The van der Waals surface area contributed by atoms with Gasteiger partial charge in [-0.2, -0.15) is 0 Å². The first-order valence-corrected chi connectivity index (χ1v) is 6.49. The lowest BCUT2D eigenvalue weighted by Gasteiger charge is -2.07. The third-order valence-electron chi connectivity index (χ3n) is 3.15. The Morgan fingerprint density at radius 3 is 2.57 bits per heavy atom. The molecule has 0 saturated carbocycles. The number of carbonyl (C=O) groups is 1. The summed E-state index contributed by atoms with van der Waals surface area (Å²) in [6.07, 6.45) is 5.00. The van der Waals surface area contributed by atoms with Gasteiger partial charge in [0.1, 0.15) is 5.82 Å². The lowest BCUT2D eigenvalue weighted by molar-refractivity contribution is 0.0696. The normalized spacial score (nSPS) is 10.5. The van der Waals surface area contributed by atoms with Gasteiger partial charge in [-0.3, -0.25) is 4.98 Å². The third kappa shape index (κ3) is 2.81. The Morgan fingerprint density at radius 1 is 1.10 bits per heavy atom. The van der Waals surface area contributed by atoms with E-state index in [4.69, 9.17) is 5.11 Å². The van der Waals surface area contributed by atoms with Gasteiger partial charge in [0.15, 0.2) is 0 Å². The van der Waals surface area contributed by atoms with Gasteiger partial charge in [-0.1, -0.05) is 30.3 Å². The number of carboxylic acid groups (broad SMARTS) is 1. The molecule has 5 nitrogen and oxygen atoms in total. The van der Waals surface area contributed by atoms with E-state index in [0.29, 0.717) is 6.54 Å². The smallest absolute Gasteiger partial charge is 0.337 e. The van der Waals surface area contributed by atoms with Crippen molar-refractivity contribution in [3.05, 3.63) is 72.3 Å². The van der Waals surface area contributed by atoms with Gasteiger partial charge < -0.3 is 9.67 Å². The Bertz CT molecular complexity index is 749. The molecule has 0 saturated heterocycles. The van der Waals surface area contributed by atoms with Crippen molar-refractivity contribution in [3.63, 3.8) is 0 Å². The van der Waals surface area contributed by atoms with Crippen LogP contribution in [-0.2, 0) is 6.54 Å². The number of imidazole rings is 1. The minimum Gasteiger partial charge on any atom is -0.478 e. The molecule has 0 aliphatic heterocycles. The molecule has 3 rings (SSSR count). The number of aromatic nitrogens is 3. The molecule has 1 aromatic carbocycles. The second-order valence-corrected chi connectivity index (χ2v) is 4.59. The lowest BCUT2D eigenvalue weighted by atomic mass is 10.2. The van der Waals surface area contributed by atoms with Crippen LogP contribution in [0.3, 0.4) is 0 Å². The molecule has 5 heteroatoms. The molecule has 0 atom stereocenters. The highest BCUT2D eigenvalue weighted by Gasteiger charge is 2.07. The standard InChI is InChI=1S/C16H13N3O2/c20-16(21)13-6-7-14(18-10-13)11-19-9-8-17-15(19)12-4-2-1-3-5-12/h1-10H,11H2,(H,20,21). The maximum atomic E-state index is 10.8. The average molecular weight is 279 g/mol. The molecule has 0 aliphatic carbocycles. The SMILES string of the molecule is O=C(O)c1ccc(Cn2ccnc2-c2ccccc2)nc1. The molecule has 2 aromatic heterocycles. The van der Waals surface area contributed by atoms with Gasteiger partial charge in [0, 0.05) is 24.2 Å². The van der Waals surface area contributed by atoms with Crippen LogP contribution < -0.4 is 0 Å².